The smallest absolute Gasteiger partial charge is 0.328 e. The van der Waals surface area contributed by atoms with Crippen LogP contribution in [0.25, 0.3) is 0 Å². The Labute approximate surface area is 126 Å². The monoisotopic (exact) mass is 344 g/mol. The summed E-state index contributed by atoms with van der Waals surface area (Å²) < 4.78 is 5.59. The van der Waals surface area contributed by atoms with Gasteiger partial charge in [-0.1, -0.05) is 32.1 Å². The standard InChI is InChI=1S/C13H17BrN2O2S/c1-7(2)11(13(17)18-3)16-9-6-4-5-8(14)10(9)12(15)19/h4-7,11,16H,1-3H3,(H2,15,19). The second-order valence-electron chi connectivity index (χ2n) is 4.42. The molecular formula is C13H17BrN2O2S. The van der Waals surface area contributed by atoms with Gasteiger partial charge in [-0.3, -0.25) is 0 Å². The van der Waals surface area contributed by atoms with E-state index in [9.17, 15) is 4.79 Å². The highest BCUT2D eigenvalue weighted by Crippen LogP contribution is 2.26. The summed E-state index contributed by atoms with van der Waals surface area (Å²) >= 11 is 8.45. The Morgan fingerprint density at radius 2 is 2.11 bits per heavy atom. The van der Waals surface area contributed by atoms with Crippen molar-refractivity contribution in [2.24, 2.45) is 11.7 Å². The Balaban J connectivity index is 3.13. The van der Waals surface area contributed by atoms with Gasteiger partial charge in [0.15, 0.2) is 0 Å². The fourth-order valence-corrected chi connectivity index (χ4v) is 2.62. The molecule has 0 aromatic heterocycles. The van der Waals surface area contributed by atoms with Gasteiger partial charge in [0.25, 0.3) is 0 Å². The van der Waals surface area contributed by atoms with Gasteiger partial charge >= 0.3 is 5.97 Å². The Kier molecular flexibility index (Phi) is 5.75. The van der Waals surface area contributed by atoms with E-state index in [0.717, 1.165) is 4.47 Å². The van der Waals surface area contributed by atoms with Gasteiger partial charge in [0.2, 0.25) is 0 Å². The third kappa shape index (κ3) is 3.91. The fourth-order valence-electron chi connectivity index (χ4n) is 1.69. The van der Waals surface area contributed by atoms with Crippen LogP contribution in [-0.2, 0) is 9.53 Å². The minimum Gasteiger partial charge on any atom is -0.467 e. The highest BCUT2D eigenvalue weighted by molar-refractivity contribution is 9.10. The minimum absolute atomic E-state index is 0.0747. The summed E-state index contributed by atoms with van der Waals surface area (Å²) in [7, 11) is 1.37. The Morgan fingerprint density at radius 1 is 1.47 bits per heavy atom. The maximum atomic E-state index is 11.8. The molecule has 1 unspecified atom stereocenters. The highest BCUT2D eigenvalue weighted by atomic mass is 79.9. The Bertz CT molecular complexity index is 492. The second kappa shape index (κ2) is 6.86. The number of methoxy groups -OCH3 is 1. The molecule has 4 nitrogen and oxygen atoms in total. The zero-order chi connectivity index (χ0) is 14.6. The maximum Gasteiger partial charge on any atom is 0.328 e. The highest BCUT2D eigenvalue weighted by Gasteiger charge is 2.24. The Hall–Kier alpha value is -1.14. The van der Waals surface area contributed by atoms with E-state index >= 15 is 0 Å². The van der Waals surface area contributed by atoms with E-state index in [4.69, 9.17) is 22.7 Å². The number of thiocarbonyl (C=S) groups is 1. The lowest BCUT2D eigenvalue weighted by Gasteiger charge is -2.22. The van der Waals surface area contributed by atoms with Crippen LogP contribution < -0.4 is 11.1 Å². The number of carbonyl (C=O) groups is 1. The van der Waals surface area contributed by atoms with Gasteiger partial charge in [-0.2, -0.15) is 0 Å². The molecule has 0 heterocycles. The average molecular weight is 345 g/mol. The summed E-state index contributed by atoms with van der Waals surface area (Å²) in [4.78, 5) is 12.0. The lowest BCUT2D eigenvalue weighted by Crippen LogP contribution is -2.36. The molecule has 0 radical (unpaired) electrons. The third-order valence-corrected chi connectivity index (χ3v) is 3.56. The quantitative estimate of drug-likeness (QED) is 0.635. The number of hydrogen-bond acceptors (Lipinski definition) is 4. The minimum atomic E-state index is -0.451. The lowest BCUT2D eigenvalue weighted by atomic mass is 10.0. The van der Waals surface area contributed by atoms with Gasteiger partial charge < -0.3 is 15.8 Å². The van der Waals surface area contributed by atoms with E-state index < -0.39 is 6.04 Å². The first-order chi connectivity index (χ1) is 8.88. The number of halogens is 1. The van der Waals surface area contributed by atoms with Gasteiger partial charge in [0.05, 0.1) is 7.11 Å². The molecule has 0 amide bonds. The molecule has 1 aromatic carbocycles. The normalized spacial score (nSPS) is 12.1. The first-order valence-electron chi connectivity index (χ1n) is 5.81. The van der Waals surface area contributed by atoms with Crippen LogP contribution in [0.1, 0.15) is 19.4 Å². The predicted octanol–water partition coefficient (Wildman–Crippen LogP) is 2.69. The number of hydrogen-bond donors (Lipinski definition) is 2. The molecule has 0 bridgehead atoms. The second-order valence-corrected chi connectivity index (χ2v) is 5.71. The number of nitrogens with two attached hydrogens (primary N) is 1. The first-order valence-corrected chi connectivity index (χ1v) is 7.01. The van der Waals surface area contributed by atoms with Gasteiger partial charge in [-0.15, -0.1) is 0 Å². The van der Waals surface area contributed by atoms with Crippen LogP contribution in [0.15, 0.2) is 22.7 Å². The summed E-state index contributed by atoms with van der Waals surface area (Å²) in [5.41, 5.74) is 7.12. The number of nitrogens with one attached hydrogen (secondary N) is 1. The number of ether oxygens (including phenoxy) is 1. The molecule has 0 saturated carbocycles. The average Bonchev–Trinajstić information content (AvgIpc) is 2.34. The van der Waals surface area contributed by atoms with Gasteiger partial charge in [-0.05, 0) is 34.0 Å². The van der Waals surface area contributed by atoms with Crippen LogP contribution in [0, 0.1) is 5.92 Å². The molecule has 0 fully saturated rings. The lowest BCUT2D eigenvalue weighted by molar-refractivity contribution is -0.142. The van der Waals surface area contributed by atoms with Crippen molar-refractivity contribution in [1.29, 1.82) is 0 Å². The summed E-state index contributed by atoms with van der Waals surface area (Å²) in [6.45, 7) is 3.88. The molecular weight excluding hydrogens is 328 g/mol. The number of carbonyl (C=O) groups excluding carboxylic acids is 1. The number of esters is 1. The fraction of sp³-hybridized carbons (Fsp3) is 0.385. The van der Waals surface area contributed by atoms with Crippen molar-refractivity contribution in [3.8, 4) is 0 Å². The SMILES string of the molecule is COC(=O)C(Nc1cccc(Br)c1C(N)=S)C(C)C. The van der Waals surface area contributed by atoms with Gasteiger partial charge in [0.1, 0.15) is 11.0 Å². The van der Waals surface area contributed by atoms with Crippen LogP contribution in [-0.4, -0.2) is 24.1 Å². The number of benzene rings is 1. The van der Waals surface area contributed by atoms with Crippen LogP contribution in [0.5, 0.6) is 0 Å². The van der Waals surface area contributed by atoms with E-state index in [0.29, 0.717) is 11.3 Å². The molecule has 0 aliphatic rings. The largest absolute Gasteiger partial charge is 0.467 e. The predicted molar refractivity (Wildman–Crippen MR) is 84.3 cm³/mol. The Morgan fingerprint density at radius 3 is 2.58 bits per heavy atom. The van der Waals surface area contributed by atoms with Crippen molar-refractivity contribution in [3.05, 3.63) is 28.2 Å². The number of rotatable bonds is 5. The molecule has 1 rings (SSSR count). The molecule has 1 aromatic rings. The van der Waals surface area contributed by atoms with Crippen molar-refractivity contribution in [3.63, 3.8) is 0 Å². The summed E-state index contributed by atoms with van der Waals surface area (Å²) in [6.07, 6.45) is 0. The van der Waals surface area contributed by atoms with Crippen molar-refractivity contribution < 1.29 is 9.53 Å². The molecule has 104 valence electrons. The molecule has 3 N–H and O–H groups in total. The van der Waals surface area contributed by atoms with Gasteiger partial charge in [0, 0.05) is 15.7 Å². The molecule has 0 saturated heterocycles. The van der Waals surface area contributed by atoms with Crippen LogP contribution in [0.2, 0.25) is 0 Å². The molecule has 0 aliphatic carbocycles. The van der Waals surface area contributed by atoms with Crippen molar-refractivity contribution in [2.75, 3.05) is 12.4 Å². The first kappa shape index (κ1) is 15.9. The van der Waals surface area contributed by atoms with Crippen LogP contribution >= 0.6 is 28.1 Å². The molecule has 1 atom stereocenters. The third-order valence-electron chi connectivity index (χ3n) is 2.69. The summed E-state index contributed by atoms with van der Waals surface area (Å²) in [6, 6.07) is 5.08. The van der Waals surface area contributed by atoms with Crippen LogP contribution in [0.3, 0.4) is 0 Å². The van der Waals surface area contributed by atoms with E-state index in [-0.39, 0.29) is 16.9 Å². The molecule has 0 spiro atoms. The van der Waals surface area contributed by atoms with E-state index in [1.54, 1.807) is 0 Å². The van der Waals surface area contributed by atoms with Crippen molar-refractivity contribution >= 4 is 44.8 Å². The summed E-state index contributed by atoms with van der Waals surface area (Å²) in [5, 5.41) is 3.15. The number of anilines is 1. The van der Waals surface area contributed by atoms with Crippen LogP contribution in [0.4, 0.5) is 5.69 Å². The summed E-state index contributed by atoms with van der Waals surface area (Å²) in [5.74, 6) is -0.241. The van der Waals surface area contributed by atoms with E-state index in [1.165, 1.54) is 7.11 Å². The zero-order valence-corrected chi connectivity index (χ0v) is 13.5. The topological polar surface area (TPSA) is 64.3 Å². The molecule has 6 heteroatoms. The molecule has 19 heavy (non-hydrogen) atoms. The molecule has 0 aliphatic heterocycles. The van der Waals surface area contributed by atoms with Gasteiger partial charge in [-0.25, -0.2) is 4.79 Å². The van der Waals surface area contributed by atoms with Crippen molar-refractivity contribution in [2.45, 2.75) is 19.9 Å². The maximum absolute atomic E-state index is 11.8. The van der Waals surface area contributed by atoms with Crippen molar-refractivity contribution in [1.82, 2.24) is 0 Å². The zero-order valence-electron chi connectivity index (χ0n) is 11.1. The van der Waals surface area contributed by atoms with E-state index in [1.807, 2.05) is 32.0 Å². The van der Waals surface area contributed by atoms with E-state index in [2.05, 4.69) is 21.2 Å².